The van der Waals surface area contributed by atoms with Crippen LogP contribution >= 0.6 is 0 Å². The Bertz CT molecular complexity index is 693. The number of carbonyl (C=O) groups is 2. The summed E-state index contributed by atoms with van der Waals surface area (Å²) in [7, 11) is 0. The molecule has 230 valence electrons. The van der Waals surface area contributed by atoms with E-state index >= 15 is 0 Å². The van der Waals surface area contributed by atoms with Crippen LogP contribution in [0.15, 0.2) is 48.6 Å². The Kier molecular flexibility index (Phi) is 29.8. The van der Waals surface area contributed by atoms with Crippen molar-refractivity contribution in [3.63, 3.8) is 0 Å². The highest BCUT2D eigenvalue weighted by Gasteiger charge is 2.07. The first-order chi connectivity index (χ1) is 19.6. The van der Waals surface area contributed by atoms with Gasteiger partial charge < -0.3 is 10.6 Å². The lowest BCUT2D eigenvalue weighted by Gasteiger charge is -2.14. The Balaban J connectivity index is 3.47. The molecule has 0 saturated heterocycles. The maximum Gasteiger partial charge on any atom is 0.220 e. The molecule has 0 aromatic rings. The average molecular weight is 557 g/mol. The molecule has 0 radical (unpaired) electrons. The van der Waals surface area contributed by atoms with Crippen LogP contribution in [0.2, 0.25) is 0 Å². The van der Waals surface area contributed by atoms with Crippen molar-refractivity contribution in [2.24, 2.45) is 0 Å². The summed E-state index contributed by atoms with van der Waals surface area (Å²) >= 11 is 0. The van der Waals surface area contributed by atoms with Gasteiger partial charge in [0.15, 0.2) is 0 Å². The topological polar surface area (TPSA) is 58.2 Å². The van der Waals surface area contributed by atoms with E-state index in [1.54, 1.807) is 0 Å². The van der Waals surface area contributed by atoms with Gasteiger partial charge in [0.2, 0.25) is 11.8 Å². The van der Waals surface area contributed by atoms with Crippen LogP contribution in [-0.2, 0) is 9.59 Å². The lowest BCUT2D eigenvalue weighted by atomic mass is 10.1. The van der Waals surface area contributed by atoms with E-state index in [0.29, 0.717) is 12.8 Å². The first kappa shape index (κ1) is 37.9. The van der Waals surface area contributed by atoms with Crippen molar-refractivity contribution in [2.75, 3.05) is 6.54 Å². The van der Waals surface area contributed by atoms with Gasteiger partial charge >= 0.3 is 0 Å². The molecule has 4 heteroatoms. The first-order valence-electron chi connectivity index (χ1n) is 16.8. The van der Waals surface area contributed by atoms with E-state index in [1.807, 2.05) is 0 Å². The van der Waals surface area contributed by atoms with E-state index in [-0.39, 0.29) is 17.9 Å². The van der Waals surface area contributed by atoms with Crippen LogP contribution in [0.4, 0.5) is 0 Å². The highest BCUT2D eigenvalue weighted by atomic mass is 16.2. The zero-order valence-corrected chi connectivity index (χ0v) is 26.6. The number of rotatable bonds is 28. The fourth-order valence-electron chi connectivity index (χ4n) is 4.58. The molecule has 0 unspecified atom stereocenters. The molecule has 0 bridgehead atoms. The largest absolute Gasteiger partial charge is 0.356 e. The molecule has 0 saturated carbocycles. The second-order valence-electron chi connectivity index (χ2n) is 11.1. The summed E-state index contributed by atoms with van der Waals surface area (Å²) in [6.07, 6.45) is 40.6. The summed E-state index contributed by atoms with van der Waals surface area (Å²) < 4.78 is 0. The summed E-state index contributed by atoms with van der Waals surface area (Å²) in [6.45, 7) is 7.16. The van der Waals surface area contributed by atoms with Crippen molar-refractivity contribution in [1.29, 1.82) is 0 Å². The summed E-state index contributed by atoms with van der Waals surface area (Å²) in [4.78, 5) is 24.2. The second kappa shape index (κ2) is 31.4. The Hall–Kier alpha value is -2.10. The van der Waals surface area contributed by atoms with Gasteiger partial charge in [-0.2, -0.15) is 0 Å². The first-order valence-corrected chi connectivity index (χ1v) is 16.8. The van der Waals surface area contributed by atoms with E-state index in [4.69, 9.17) is 0 Å². The van der Waals surface area contributed by atoms with E-state index in [2.05, 4.69) is 80.0 Å². The molecule has 0 aliphatic rings. The molecule has 0 spiro atoms. The quantitative estimate of drug-likeness (QED) is 0.0744. The molecule has 0 fully saturated rings. The second-order valence-corrected chi connectivity index (χ2v) is 11.1. The van der Waals surface area contributed by atoms with Crippen molar-refractivity contribution in [2.45, 2.75) is 162 Å². The Morgan fingerprint density at radius 3 is 1.65 bits per heavy atom. The molecular formula is C36H64N2O2. The number of hydrogen-bond acceptors (Lipinski definition) is 2. The Labute approximate surface area is 248 Å². The van der Waals surface area contributed by atoms with Gasteiger partial charge in [-0.25, -0.2) is 0 Å². The highest BCUT2D eigenvalue weighted by Crippen LogP contribution is 2.10. The zero-order chi connectivity index (χ0) is 29.4. The van der Waals surface area contributed by atoms with Crippen molar-refractivity contribution in [3.05, 3.63) is 48.6 Å². The molecule has 0 aromatic carbocycles. The van der Waals surface area contributed by atoms with Crippen molar-refractivity contribution < 1.29 is 9.59 Å². The highest BCUT2D eigenvalue weighted by molar-refractivity contribution is 5.76. The van der Waals surface area contributed by atoms with Gasteiger partial charge in [0.25, 0.3) is 0 Å². The summed E-state index contributed by atoms with van der Waals surface area (Å²) in [5.74, 6) is 0.363. The molecule has 40 heavy (non-hydrogen) atoms. The molecule has 0 aliphatic carbocycles. The van der Waals surface area contributed by atoms with Gasteiger partial charge in [0.1, 0.15) is 0 Å². The maximum atomic E-state index is 12.1. The minimum Gasteiger partial charge on any atom is -0.356 e. The summed E-state index contributed by atoms with van der Waals surface area (Å²) in [5.41, 5.74) is 0. The van der Waals surface area contributed by atoms with Crippen molar-refractivity contribution >= 4 is 11.8 Å². The average Bonchev–Trinajstić information content (AvgIpc) is 2.94. The van der Waals surface area contributed by atoms with Crippen molar-refractivity contribution in [1.82, 2.24) is 10.6 Å². The molecule has 0 heterocycles. The minimum atomic E-state index is 0.181. The molecule has 0 rings (SSSR count). The third-order valence-corrected chi connectivity index (χ3v) is 7.03. The third-order valence-electron chi connectivity index (χ3n) is 7.03. The molecule has 4 nitrogen and oxygen atoms in total. The maximum absolute atomic E-state index is 12.1. The molecule has 0 aliphatic heterocycles. The van der Waals surface area contributed by atoms with Crippen LogP contribution in [0.3, 0.4) is 0 Å². The number of hydrogen-bond donors (Lipinski definition) is 2. The van der Waals surface area contributed by atoms with Crippen LogP contribution in [0.1, 0.15) is 156 Å². The van der Waals surface area contributed by atoms with E-state index < -0.39 is 0 Å². The van der Waals surface area contributed by atoms with Crippen LogP contribution in [0, 0.1) is 0 Å². The number of allylic oxidation sites excluding steroid dienone is 8. The monoisotopic (exact) mass is 556 g/mol. The van der Waals surface area contributed by atoms with Gasteiger partial charge in [0.05, 0.1) is 0 Å². The molecule has 2 amide bonds. The predicted molar refractivity (Wildman–Crippen MR) is 175 cm³/mol. The Morgan fingerprint density at radius 2 is 1.02 bits per heavy atom. The normalized spacial score (nSPS) is 12.8. The number of unbranched alkanes of at least 4 members (excludes halogenated alkanes) is 11. The van der Waals surface area contributed by atoms with E-state index in [9.17, 15) is 9.59 Å². The van der Waals surface area contributed by atoms with Crippen LogP contribution < -0.4 is 10.6 Å². The number of carbonyl (C=O) groups excluding carboxylic acids is 2. The van der Waals surface area contributed by atoms with Crippen LogP contribution in [0.25, 0.3) is 0 Å². The summed E-state index contributed by atoms with van der Waals surface area (Å²) in [5, 5.41) is 6.19. The molecule has 0 aromatic heterocycles. The van der Waals surface area contributed by atoms with Gasteiger partial charge in [-0.1, -0.05) is 101 Å². The lowest BCUT2D eigenvalue weighted by Crippen LogP contribution is -2.32. The van der Waals surface area contributed by atoms with Crippen LogP contribution in [0.5, 0.6) is 0 Å². The SMILES string of the molecule is CC/C=C\C/C=C\C/C=C\CCCCCCCC(=O)NCCCC[C@@H](C)NC(=O)CCCCCCC/C=C\CC. The van der Waals surface area contributed by atoms with Gasteiger partial charge in [-0.3, -0.25) is 9.59 Å². The predicted octanol–water partition coefficient (Wildman–Crippen LogP) is 10.1. The van der Waals surface area contributed by atoms with Crippen molar-refractivity contribution in [3.8, 4) is 0 Å². The fourth-order valence-corrected chi connectivity index (χ4v) is 4.58. The van der Waals surface area contributed by atoms with E-state index in [1.165, 1.54) is 44.9 Å². The zero-order valence-electron chi connectivity index (χ0n) is 26.6. The number of nitrogens with one attached hydrogen (secondary N) is 2. The summed E-state index contributed by atoms with van der Waals surface area (Å²) in [6, 6.07) is 0.207. The minimum absolute atomic E-state index is 0.181. The lowest BCUT2D eigenvalue weighted by molar-refractivity contribution is -0.122. The fraction of sp³-hybridized carbons (Fsp3) is 0.722. The number of amides is 2. The van der Waals surface area contributed by atoms with Gasteiger partial charge in [-0.05, 0) is 90.4 Å². The third kappa shape index (κ3) is 30.4. The van der Waals surface area contributed by atoms with E-state index in [0.717, 1.165) is 83.6 Å². The van der Waals surface area contributed by atoms with Crippen LogP contribution in [-0.4, -0.2) is 24.4 Å². The van der Waals surface area contributed by atoms with Gasteiger partial charge in [-0.15, -0.1) is 0 Å². The standard InChI is InChI=1S/C36H64N2O2/c1-4-6-8-10-12-14-15-16-17-18-19-21-22-24-26-31-35(39)37-33-29-28-30-34(3)38-36(40)32-27-25-23-20-13-11-9-7-5-2/h6-9,12,14,16-17,34H,4-5,10-11,13,15,18-33H2,1-3H3,(H,37,39)(H,38,40)/b8-6-,9-7-,14-12-,17-16-/t34-/m1/s1. The van der Waals surface area contributed by atoms with Gasteiger partial charge in [0, 0.05) is 25.4 Å². The molecular weight excluding hydrogens is 492 g/mol. The smallest absolute Gasteiger partial charge is 0.220 e. The molecule has 1 atom stereocenters. The Morgan fingerprint density at radius 1 is 0.550 bits per heavy atom. The molecule has 2 N–H and O–H groups in total.